The summed E-state index contributed by atoms with van der Waals surface area (Å²) in [6, 6.07) is 7.43. The molecule has 1 saturated heterocycles. The molecule has 1 aromatic rings. The van der Waals surface area contributed by atoms with Crippen LogP contribution >= 0.6 is 10.0 Å². The maximum atomic E-state index is 12.4. The van der Waals surface area contributed by atoms with Gasteiger partial charge in [0, 0.05) is 12.3 Å². The number of benzene rings is 1. The zero-order chi connectivity index (χ0) is 23.4. The van der Waals surface area contributed by atoms with E-state index >= 15 is 0 Å². The summed E-state index contributed by atoms with van der Waals surface area (Å²) in [4.78, 5) is 24.5. The molecule has 9 heteroatoms. The summed E-state index contributed by atoms with van der Waals surface area (Å²) >= 11 is 0. The minimum absolute atomic E-state index is 0.0701. The van der Waals surface area contributed by atoms with Gasteiger partial charge < -0.3 is 24.1 Å². The summed E-state index contributed by atoms with van der Waals surface area (Å²) in [5.74, 6) is -0.282. The number of rotatable bonds is 8. The Balaban J connectivity index is 2.09. The number of alkyl carbamates (subject to hydrolysis) is 1. The number of nitrogens with one attached hydrogen (secondary N) is 1. The minimum Gasteiger partial charge on any atom is -0.468 e. The first-order chi connectivity index (χ1) is 14.3. The molecule has 0 aromatic heterocycles. The van der Waals surface area contributed by atoms with Gasteiger partial charge in [0.2, 0.25) is 0 Å². The van der Waals surface area contributed by atoms with Gasteiger partial charge in [0.25, 0.3) is 0 Å². The van der Waals surface area contributed by atoms with Crippen LogP contribution in [0.15, 0.2) is 24.3 Å². The first-order valence-corrected chi connectivity index (χ1v) is 13.4. The average molecular weight is 453 g/mol. The second kappa shape index (κ2) is 9.84. The van der Waals surface area contributed by atoms with Crippen LogP contribution in [0.3, 0.4) is 0 Å². The molecule has 1 atom stereocenters. The number of hydrogen-bond donors (Lipinski definition) is 1. The van der Waals surface area contributed by atoms with Crippen LogP contribution in [0, 0.1) is 0 Å². The van der Waals surface area contributed by atoms with Gasteiger partial charge in [-0.1, -0.05) is 24.3 Å². The average Bonchev–Trinajstić information content (AvgIpc) is 2.88. The molecule has 1 aromatic carbocycles. The number of amides is 1. The van der Waals surface area contributed by atoms with Gasteiger partial charge >= 0.3 is 19.2 Å². The van der Waals surface area contributed by atoms with Crippen LogP contribution in [-0.4, -0.2) is 75.2 Å². The number of esters is 1. The van der Waals surface area contributed by atoms with E-state index in [9.17, 15) is 9.59 Å². The quantitative estimate of drug-likeness (QED) is 0.482. The predicted molar refractivity (Wildman–Crippen MR) is 126 cm³/mol. The first-order valence-electron chi connectivity index (χ1n) is 10.4. The second-order valence-corrected chi connectivity index (χ2v) is 14.2. The molecule has 1 aliphatic heterocycles. The maximum Gasteiger partial charge on any atom is 0.494 e. The Kier molecular flexibility index (Phi) is 8.11. The molecule has 0 saturated carbocycles. The Bertz CT molecular complexity index is 776. The molecule has 0 radical (unpaired) electrons. The second-order valence-electron chi connectivity index (χ2n) is 9.65. The Hall–Kier alpha value is -1.71. The molecule has 2 rings (SSSR count). The Labute approximate surface area is 188 Å². The van der Waals surface area contributed by atoms with Crippen molar-refractivity contribution in [1.29, 1.82) is 0 Å². The van der Waals surface area contributed by atoms with E-state index < -0.39 is 46.3 Å². The van der Waals surface area contributed by atoms with Crippen LogP contribution in [0.25, 0.3) is 0 Å². The summed E-state index contributed by atoms with van der Waals surface area (Å²) in [6.07, 6.45) is 5.94. The minimum atomic E-state index is -0.744. The van der Waals surface area contributed by atoms with Crippen molar-refractivity contribution in [3.8, 4) is 0 Å². The van der Waals surface area contributed by atoms with E-state index in [0.29, 0.717) is 12.2 Å². The van der Waals surface area contributed by atoms with Gasteiger partial charge in [-0.05, 0) is 57.5 Å². The van der Waals surface area contributed by atoms with Crippen LogP contribution in [0.2, 0.25) is 0 Å². The van der Waals surface area contributed by atoms with Crippen LogP contribution in [0.5, 0.6) is 0 Å². The lowest BCUT2D eigenvalue weighted by Gasteiger charge is -2.32. The fourth-order valence-corrected chi connectivity index (χ4v) is 3.59. The third kappa shape index (κ3) is 6.89. The highest BCUT2D eigenvalue weighted by Gasteiger charge is 2.51. The summed E-state index contributed by atoms with van der Waals surface area (Å²) in [5, 5.41) is 2.68. The predicted octanol–water partition coefficient (Wildman–Crippen LogP) is 2.66. The summed E-state index contributed by atoms with van der Waals surface area (Å²) in [6.45, 7) is 8.39. The molecule has 7 nitrogen and oxygen atoms in total. The van der Waals surface area contributed by atoms with Crippen LogP contribution < -0.4 is 10.8 Å². The molecule has 1 N–H and O–H groups in total. The van der Waals surface area contributed by atoms with Gasteiger partial charge in [-0.2, -0.15) is 0 Å². The van der Waals surface area contributed by atoms with Gasteiger partial charge in [0.1, 0.15) is 6.61 Å². The smallest absolute Gasteiger partial charge is 0.468 e. The van der Waals surface area contributed by atoms with Crippen molar-refractivity contribution in [1.82, 2.24) is 5.32 Å². The van der Waals surface area contributed by atoms with Crippen molar-refractivity contribution in [3.05, 3.63) is 29.8 Å². The largest absolute Gasteiger partial charge is 0.494 e. The van der Waals surface area contributed by atoms with E-state index in [4.69, 9.17) is 18.8 Å². The molecule has 0 spiro atoms. The molecule has 174 valence electrons. The van der Waals surface area contributed by atoms with Gasteiger partial charge in [-0.25, -0.2) is 14.8 Å². The fourth-order valence-electron chi connectivity index (χ4n) is 3.00. The zero-order valence-corrected chi connectivity index (χ0v) is 20.8. The van der Waals surface area contributed by atoms with Gasteiger partial charge in [-0.15, -0.1) is 0 Å². The third-order valence-electron chi connectivity index (χ3n) is 5.70. The van der Waals surface area contributed by atoms with Crippen molar-refractivity contribution >= 4 is 34.7 Å². The van der Waals surface area contributed by atoms with E-state index in [1.807, 2.05) is 52.0 Å². The van der Waals surface area contributed by atoms with Gasteiger partial charge in [-0.3, -0.25) is 4.79 Å². The monoisotopic (exact) mass is 453 g/mol. The highest BCUT2D eigenvalue weighted by Crippen LogP contribution is 2.36. The fraction of sp³-hybridized carbons (Fsp3) is 0.636. The number of hydrogen-bond acceptors (Lipinski definition) is 6. The molecule has 1 aliphatic rings. The SMILES string of the molecule is COC(=O)C(CNC(=O)OCCS(C)(C)C)c1cccc(B2OC(C)(C)C(C)(C)O2)c1. The lowest BCUT2D eigenvalue weighted by atomic mass is 9.77. The van der Waals surface area contributed by atoms with E-state index in [2.05, 4.69) is 24.1 Å². The highest BCUT2D eigenvalue weighted by atomic mass is 32.3. The van der Waals surface area contributed by atoms with E-state index in [-0.39, 0.29) is 6.54 Å². The molecule has 1 fully saturated rings. The Morgan fingerprint density at radius 3 is 2.29 bits per heavy atom. The van der Waals surface area contributed by atoms with E-state index in [1.54, 1.807) is 0 Å². The van der Waals surface area contributed by atoms with Crippen LogP contribution in [0.4, 0.5) is 4.79 Å². The summed E-state index contributed by atoms with van der Waals surface area (Å²) in [7, 11) is 0.0466. The van der Waals surface area contributed by atoms with Crippen molar-refractivity contribution in [2.45, 2.75) is 44.8 Å². The molecule has 0 bridgehead atoms. The first kappa shape index (κ1) is 25.6. The third-order valence-corrected chi connectivity index (χ3v) is 7.09. The molecular weight excluding hydrogens is 417 g/mol. The van der Waals surface area contributed by atoms with Crippen molar-refractivity contribution < 1.29 is 28.4 Å². The standard InChI is InChI=1S/C22H36BNO6S/c1-21(2)22(3,4)30-23(29-21)17-11-9-10-16(14-17)18(19(25)27-5)15-24-20(26)28-12-13-31(6,7)8/h9-11,14,18H,12-13,15H2,1-8H3,(H,24,26). The number of ether oxygens (including phenoxy) is 2. The lowest BCUT2D eigenvalue weighted by molar-refractivity contribution is -0.142. The molecule has 0 aliphatic carbocycles. The molecular formula is C22H36BNO6S. The van der Waals surface area contributed by atoms with E-state index in [0.717, 1.165) is 11.2 Å². The molecule has 31 heavy (non-hydrogen) atoms. The normalized spacial score (nSPS) is 18.9. The van der Waals surface area contributed by atoms with Crippen LogP contribution in [0.1, 0.15) is 39.2 Å². The maximum absolute atomic E-state index is 12.4. The highest BCUT2D eigenvalue weighted by molar-refractivity contribution is 8.32. The zero-order valence-electron chi connectivity index (χ0n) is 19.9. The van der Waals surface area contributed by atoms with Crippen molar-refractivity contribution in [2.24, 2.45) is 0 Å². The summed E-state index contributed by atoms with van der Waals surface area (Å²) in [5.41, 5.74) is 0.588. The molecule has 1 amide bonds. The lowest BCUT2D eigenvalue weighted by Crippen LogP contribution is -2.41. The van der Waals surface area contributed by atoms with Crippen molar-refractivity contribution in [2.75, 3.05) is 44.8 Å². The topological polar surface area (TPSA) is 83.1 Å². The van der Waals surface area contributed by atoms with Crippen molar-refractivity contribution in [3.63, 3.8) is 0 Å². The van der Waals surface area contributed by atoms with E-state index in [1.165, 1.54) is 7.11 Å². The Morgan fingerprint density at radius 2 is 1.74 bits per heavy atom. The van der Waals surface area contributed by atoms with Gasteiger partial charge in [0.05, 0.1) is 24.2 Å². The number of carbonyl (C=O) groups excluding carboxylic acids is 2. The number of carbonyl (C=O) groups is 2. The molecule has 1 heterocycles. The molecule has 1 unspecified atom stereocenters. The Morgan fingerprint density at radius 1 is 1.13 bits per heavy atom. The number of methoxy groups -OCH3 is 1. The van der Waals surface area contributed by atoms with Crippen LogP contribution in [-0.2, 0) is 23.6 Å². The van der Waals surface area contributed by atoms with Gasteiger partial charge in [0.15, 0.2) is 0 Å². The summed E-state index contributed by atoms with van der Waals surface area (Å²) < 4.78 is 22.4.